The van der Waals surface area contributed by atoms with Crippen molar-refractivity contribution in [1.29, 1.82) is 0 Å². The van der Waals surface area contributed by atoms with Crippen LogP contribution in [0.5, 0.6) is 0 Å². The number of amides is 2. The fraction of sp³-hybridized carbons (Fsp3) is 0.800. The molecule has 0 saturated carbocycles. The van der Waals surface area contributed by atoms with Gasteiger partial charge in [0.2, 0.25) is 0 Å². The van der Waals surface area contributed by atoms with Gasteiger partial charge in [0.05, 0.1) is 6.10 Å². The summed E-state index contributed by atoms with van der Waals surface area (Å²) < 4.78 is 5.32. The molecule has 1 fully saturated rings. The van der Waals surface area contributed by atoms with Gasteiger partial charge in [-0.1, -0.05) is 6.92 Å². The van der Waals surface area contributed by atoms with Crippen LogP contribution in [-0.2, 0) is 14.3 Å². The second kappa shape index (κ2) is 6.40. The van der Waals surface area contributed by atoms with Crippen LogP contribution in [0.25, 0.3) is 0 Å². The van der Waals surface area contributed by atoms with Crippen molar-refractivity contribution in [2.24, 2.45) is 0 Å². The molecule has 1 saturated heterocycles. The average molecular weight is 214 g/mol. The summed E-state index contributed by atoms with van der Waals surface area (Å²) >= 11 is 0. The SMILES string of the molecule is CCCNC(=O)C(=O)NC[C@H]1CCCO1. The smallest absolute Gasteiger partial charge is 0.309 e. The second-order valence-corrected chi connectivity index (χ2v) is 3.60. The van der Waals surface area contributed by atoms with Gasteiger partial charge in [-0.15, -0.1) is 0 Å². The number of ether oxygens (including phenoxy) is 1. The Morgan fingerprint density at radius 3 is 2.67 bits per heavy atom. The van der Waals surface area contributed by atoms with Gasteiger partial charge in [0.25, 0.3) is 0 Å². The summed E-state index contributed by atoms with van der Waals surface area (Å²) in [5, 5.41) is 5.07. The van der Waals surface area contributed by atoms with Gasteiger partial charge in [-0.2, -0.15) is 0 Å². The molecule has 5 heteroatoms. The highest BCUT2D eigenvalue weighted by atomic mass is 16.5. The third kappa shape index (κ3) is 4.29. The maximum Gasteiger partial charge on any atom is 0.309 e. The Hall–Kier alpha value is -1.10. The highest BCUT2D eigenvalue weighted by Crippen LogP contribution is 2.10. The van der Waals surface area contributed by atoms with Crippen LogP contribution < -0.4 is 10.6 Å². The Kier molecular flexibility index (Phi) is 5.10. The van der Waals surface area contributed by atoms with Gasteiger partial charge in [-0.3, -0.25) is 9.59 Å². The van der Waals surface area contributed by atoms with Gasteiger partial charge >= 0.3 is 11.8 Å². The minimum absolute atomic E-state index is 0.0768. The summed E-state index contributed by atoms with van der Waals surface area (Å²) in [6, 6.07) is 0. The summed E-state index contributed by atoms with van der Waals surface area (Å²) in [6.07, 6.45) is 2.89. The van der Waals surface area contributed by atoms with Gasteiger partial charge in [0, 0.05) is 19.7 Å². The highest BCUT2D eigenvalue weighted by molar-refractivity contribution is 6.35. The van der Waals surface area contributed by atoms with E-state index in [1.807, 2.05) is 6.92 Å². The first kappa shape index (κ1) is 12.0. The molecule has 2 N–H and O–H groups in total. The van der Waals surface area contributed by atoms with Crippen LogP contribution >= 0.6 is 0 Å². The lowest BCUT2D eigenvalue weighted by molar-refractivity contribution is -0.139. The third-order valence-corrected chi connectivity index (χ3v) is 2.26. The third-order valence-electron chi connectivity index (χ3n) is 2.26. The molecule has 0 bridgehead atoms. The molecule has 86 valence electrons. The van der Waals surface area contributed by atoms with E-state index in [1.54, 1.807) is 0 Å². The number of hydrogen-bond donors (Lipinski definition) is 2. The molecule has 0 aliphatic carbocycles. The number of nitrogens with one attached hydrogen (secondary N) is 2. The predicted molar refractivity (Wildman–Crippen MR) is 55.3 cm³/mol. The molecule has 1 aliphatic rings. The molecule has 0 aromatic carbocycles. The number of rotatable bonds is 4. The molecule has 2 amide bonds. The number of hydrogen-bond acceptors (Lipinski definition) is 3. The van der Waals surface area contributed by atoms with Crippen LogP contribution in [0.3, 0.4) is 0 Å². The van der Waals surface area contributed by atoms with Gasteiger partial charge in [0.15, 0.2) is 0 Å². The zero-order valence-corrected chi connectivity index (χ0v) is 9.04. The molecular formula is C10H18N2O3. The second-order valence-electron chi connectivity index (χ2n) is 3.60. The quantitative estimate of drug-likeness (QED) is 0.637. The van der Waals surface area contributed by atoms with Crippen molar-refractivity contribution in [3.63, 3.8) is 0 Å². The monoisotopic (exact) mass is 214 g/mol. The number of carbonyl (C=O) groups is 2. The van der Waals surface area contributed by atoms with Crippen LogP contribution in [0, 0.1) is 0 Å². The van der Waals surface area contributed by atoms with Crippen LogP contribution in [0.4, 0.5) is 0 Å². The fourth-order valence-corrected chi connectivity index (χ4v) is 1.41. The molecule has 0 aromatic heterocycles. The van der Waals surface area contributed by atoms with Crippen LogP contribution in [0.2, 0.25) is 0 Å². The van der Waals surface area contributed by atoms with Gasteiger partial charge in [-0.05, 0) is 19.3 Å². The van der Waals surface area contributed by atoms with Crippen molar-refractivity contribution in [3.8, 4) is 0 Å². The van der Waals surface area contributed by atoms with E-state index in [0.717, 1.165) is 25.9 Å². The zero-order valence-electron chi connectivity index (χ0n) is 9.04. The van der Waals surface area contributed by atoms with Crippen molar-refractivity contribution < 1.29 is 14.3 Å². The molecule has 1 heterocycles. The predicted octanol–water partition coefficient (Wildman–Crippen LogP) is -0.192. The normalized spacial score (nSPS) is 19.9. The van der Waals surface area contributed by atoms with E-state index < -0.39 is 11.8 Å². The lowest BCUT2D eigenvalue weighted by Crippen LogP contribution is -2.42. The maximum absolute atomic E-state index is 11.2. The molecule has 0 spiro atoms. The topological polar surface area (TPSA) is 67.4 Å². The molecule has 15 heavy (non-hydrogen) atoms. The van der Waals surface area contributed by atoms with Crippen molar-refractivity contribution in [1.82, 2.24) is 10.6 Å². The van der Waals surface area contributed by atoms with E-state index in [9.17, 15) is 9.59 Å². The summed E-state index contributed by atoms with van der Waals surface area (Å²) in [5.74, 6) is -1.13. The summed E-state index contributed by atoms with van der Waals surface area (Å²) in [7, 11) is 0. The molecule has 1 atom stereocenters. The minimum Gasteiger partial charge on any atom is -0.376 e. The molecule has 0 aromatic rings. The van der Waals surface area contributed by atoms with E-state index in [-0.39, 0.29) is 6.10 Å². The van der Waals surface area contributed by atoms with E-state index >= 15 is 0 Å². The van der Waals surface area contributed by atoms with Crippen LogP contribution in [0.15, 0.2) is 0 Å². The Labute approximate surface area is 89.6 Å². The first-order valence-corrected chi connectivity index (χ1v) is 5.41. The lowest BCUT2D eigenvalue weighted by atomic mass is 10.2. The lowest BCUT2D eigenvalue weighted by Gasteiger charge is -2.10. The summed E-state index contributed by atoms with van der Waals surface area (Å²) in [6.45, 7) is 3.65. The Bertz CT molecular complexity index is 225. The largest absolute Gasteiger partial charge is 0.376 e. The maximum atomic E-state index is 11.2. The highest BCUT2D eigenvalue weighted by Gasteiger charge is 2.18. The van der Waals surface area contributed by atoms with Gasteiger partial charge < -0.3 is 15.4 Å². The standard InChI is InChI=1S/C10H18N2O3/c1-2-5-11-9(13)10(14)12-7-8-4-3-6-15-8/h8H,2-7H2,1H3,(H,11,13)(H,12,14)/t8-/m1/s1. The van der Waals surface area contributed by atoms with Crippen molar-refractivity contribution in [3.05, 3.63) is 0 Å². The van der Waals surface area contributed by atoms with Crippen LogP contribution in [0.1, 0.15) is 26.2 Å². The van der Waals surface area contributed by atoms with Gasteiger partial charge in [0.1, 0.15) is 0 Å². The number of carbonyl (C=O) groups excluding carboxylic acids is 2. The Balaban J connectivity index is 2.14. The van der Waals surface area contributed by atoms with Crippen molar-refractivity contribution in [2.45, 2.75) is 32.3 Å². The average Bonchev–Trinajstić information content (AvgIpc) is 2.75. The van der Waals surface area contributed by atoms with Crippen molar-refractivity contribution >= 4 is 11.8 Å². The van der Waals surface area contributed by atoms with Crippen molar-refractivity contribution in [2.75, 3.05) is 19.7 Å². The Morgan fingerprint density at radius 2 is 2.07 bits per heavy atom. The molecule has 0 unspecified atom stereocenters. The summed E-state index contributed by atoms with van der Waals surface area (Å²) in [4.78, 5) is 22.4. The fourth-order valence-electron chi connectivity index (χ4n) is 1.41. The molecule has 1 rings (SSSR count). The molecule has 1 aliphatic heterocycles. The zero-order chi connectivity index (χ0) is 11.1. The van der Waals surface area contributed by atoms with E-state index in [1.165, 1.54) is 0 Å². The summed E-state index contributed by atoms with van der Waals surface area (Å²) in [5.41, 5.74) is 0. The Morgan fingerprint density at radius 1 is 1.33 bits per heavy atom. The van der Waals surface area contributed by atoms with E-state index in [0.29, 0.717) is 13.1 Å². The first-order valence-electron chi connectivity index (χ1n) is 5.41. The van der Waals surface area contributed by atoms with E-state index in [4.69, 9.17) is 4.74 Å². The van der Waals surface area contributed by atoms with E-state index in [2.05, 4.69) is 10.6 Å². The molecule has 0 radical (unpaired) electrons. The molecule has 5 nitrogen and oxygen atoms in total. The van der Waals surface area contributed by atoms with Crippen LogP contribution in [-0.4, -0.2) is 37.6 Å². The molecular weight excluding hydrogens is 196 g/mol. The van der Waals surface area contributed by atoms with Gasteiger partial charge in [-0.25, -0.2) is 0 Å². The first-order chi connectivity index (χ1) is 7.24. The minimum atomic E-state index is -0.570.